The first kappa shape index (κ1) is 13.3. The van der Waals surface area contributed by atoms with Gasteiger partial charge in [-0.1, -0.05) is 0 Å². The van der Waals surface area contributed by atoms with Crippen LogP contribution in [0.3, 0.4) is 0 Å². The van der Waals surface area contributed by atoms with E-state index in [1.165, 1.54) is 0 Å². The molecular formula is C12H12F2N2O3. The number of anilines is 1. The van der Waals surface area contributed by atoms with E-state index in [4.69, 9.17) is 0 Å². The first-order chi connectivity index (χ1) is 9.02. The van der Waals surface area contributed by atoms with Crippen molar-refractivity contribution in [1.82, 2.24) is 5.32 Å². The number of nitrogens with one attached hydrogen (secondary N) is 2. The molecule has 1 aliphatic carbocycles. The lowest BCUT2D eigenvalue weighted by atomic mass is 10.1. The van der Waals surface area contributed by atoms with Crippen molar-refractivity contribution >= 4 is 17.7 Å². The summed E-state index contributed by atoms with van der Waals surface area (Å²) in [5, 5.41) is 4.81. The molecule has 1 aliphatic rings. The number of hydrogen-bond acceptors (Lipinski definition) is 3. The van der Waals surface area contributed by atoms with Crippen molar-refractivity contribution in [3.05, 3.63) is 29.3 Å². The fourth-order valence-corrected chi connectivity index (χ4v) is 1.51. The van der Waals surface area contributed by atoms with E-state index >= 15 is 0 Å². The van der Waals surface area contributed by atoms with Gasteiger partial charge in [-0.05, 0) is 25.0 Å². The molecule has 0 bridgehead atoms. The molecular weight excluding hydrogens is 258 g/mol. The van der Waals surface area contributed by atoms with Gasteiger partial charge in [0.05, 0.1) is 12.8 Å². The van der Waals surface area contributed by atoms with Crippen LogP contribution in [0.1, 0.15) is 23.2 Å². The molecule has 102 valence electrons. The fourth-order valence-electron chi connectivity index (χ4n) is 1.51. The van der Waals surface area contributed by atoms with Gasteiger partial charge in [0.15, 0.2) is 5.82 Å². The van der Waals surface area contributed by atoms with Crippen molar-refractivity contribution in [1.29, 1.82) is 0 Å². The number of benzene rings is 1. The molecule has 1 aromatic carbocycles. The minimum absolute atomic E-state index is 0.101. The maximum atomic E-state index is 13.9. The summed E-state index contributed by atoms with van der Waals surface area (Å²) in [7, 11) is 1.01. The molecule has 0 unspecified atom stereocenters. The summed E-state index contributed by atoms with van der Waals surface area (Å²) in [4.78, 5) is 22.7. The predicted octanol–water partition coefficient (Wildman–Crippen LogP) is 2.04. The Morgan fingerprint density at radius 2 is 2.00 bits per heavy atom. The molecule has 0 aromatic heterocycles. The van der Waals surface area contributed by atoms with E-state index in [0.717, 1.165) is 32.1 Å². The Hall–Kier alpha value is -2.18. The highest BCUT2D eigenvalue weighted by molar-refractivity contribution is 5.94. The standard InChI is InChI=1S/C12H12F2N2O3/c1-19-11(17)9-7(13)4-5-8(10(9)14)16-12(18)15-6-2-3-6/h4-6H,2-3H2,1H3,(H2,15,16,18). The summed E-state index contributed by atoms with van der Waals surface area (Å²) in [6.07, 6.45) is 1.76. The highest BCUT2D eigenvalue weighted by atomic mass is 19.1. The van der Waals surface area contributed by atoms with E-state index in [0.29, 0.717) is 0 Å². The number of carbonyl (C=O) groups excluding carboxylic acids is 2. The van der Waals surface area contributed by atoms with E-state index in [1.807, 2.05) is 0 Å². The molecule has 7 heteroatoms. The highest BCUT2D eigenvalue weighted by Crippen LogP contribution is 2.23. The topological polar surface area (TPSA) is 67.4 Å². The second-order valence-electron chi connectivity index (χ2n) is 4.15. The average molecular weight is 270 g/mol. The minimum atomic E-state index is -1.15. The van der Waals surface area contributed by atoms with E-state index < -0.39 is 29.2 Å². The van der Waals surface area contributed by atoms with Gasteiger partial charge in [0.2, 0.25) is 0 Å². The van der Waals surface area contributed by atoms with Crippen LogP contribution in [0.5, 0.6) is 0 Å². The number of carbonyl (C=O) groups is 2. The Morgan fingerprint density at radius 1 is 1.32 bits per heavy atom. The van der Waals surface area contributed by atoms with Crippen LogP contribution in [-0.4, -0.2) is 25.2 Å². The SMILES string of the molecule is COC(=O)c1c(F)ccc(NC(=O)NC2CC2)c1F. The molecule has 0 saturated heterocycles. The van der Waals surface area contributed by atoms with E-state index in [-0.39, 0.29) is 11.7 Å². The number of amides is 2. The van der Waals surface area contributed by atoms with E-state index in [1.54, 1.807) is 0 Å². The van der Waals surface area contributed by atoms with Gasteiger partial charge in [-0.25, -0.2) is 18.4 Å². The summed E-state index contributed by atoms with van der Waals surface area (Å²) in [6.45, 7) is 0. The summed E-state index contributed by atoms with van der Waals surface area (Å²) in [5.74, 6) is -3.34. The van der Waals surface area contributed by atoms with Gasteiger partial charge < -0.3 is 15.4 Å². The lowest BCUT2D eigenvalue weighted by molar-refractivity contribution is 0.0590. The number of hydrogen-bond donors (Lipinski definition) is 2. The smallest absolute Gasteiger partial charge is 0.343 e. The van der Waals surface area contributed by atoms with Crippen LogP contribution in [0.25, 0.3) is 0 Å². The first-order valence-corrected chi connectivity index (χ1v) is 5.66. The molecule has 0 radical (unpaired) electrons. The van der Waals surface area contributed by atoms with Crippen LogP contribution >= 0.6 is 0 Å². The molecule has 19 heavy (non-hydrogen) atoms. The van der Waals surface area contributed by atoms with Crippen molar-refractivity contribution in [2.24, 2.45) is 0 Å². The molecule has 0 aliphatic heterocycles. The highest BCUT2D eigenvalue weighted by Gasteiger charge is 2.25. The number of methoxy groups -OCH3 is 1. The summed E-state index contributed by atoms with van der Waals surface area (Å²) >= 11 is 0. The number of urea groups is 1. The molecule has 1 aromatic rings. The van der Waals surface area contributed by atoms with Gasteiger partial charge >= 0.3 is 12.0 Å². The fraction of sp³-hybridized carbons (Fsp3) is 0.333. The van der Waals surface area contributed by atoms with Gasteiger partial charge in [0, 0.05) is 6.04 Å². The molecule has 2 rings (SSSR count). The van der Waals surface area contributed by atoms with Crippen molar-refractivity contribution in [2.75, 3.05) is 12.4 Å². The van der Waals surface area contributed by atoms with Gasteiger partial charge in [0.1, 0.15) is 11.4 Å². The third kappa shape index (κ3) is 2.98. The van der Waals surface area contributed by atoms with Crippen LogP contribution in [0.2, 0.25) is 0 Å². The quantitative estimate of drug-likeness (QED) is 0.826. The second kappa shape index (κ2) is 5.21. The number of ether oxygens (including phenoxy) is 1. The Bertz CT molecular complexity index is 530. The maximum Gasteiger partial charge on any atom is 0.343 e. The van der Waals surface area contributed by atoms with Crippen LogP contribution < -0.4 is 10.6 Å². The van der Waals surface area contributed by atoms with Crippen LogP contribution in [0.15, 0.2) is 12.1 Å². The van der Waals surface area contributed by atoms with Crippen LogP contribution in [0, 0.1) is 11.6 Å². The second-order valence-corrected chi connectivity index (χ2v) is 4.15. The first-order valence-electron chi connectivity index (χ1n) is 5.66. The lowest BCUT2D eigenvalue weighted by Gasteiger charge is -2.10. The largest absolute Gasteiger partial charge is 0.465 e. The van der Waals surface area contributed by atoms with Crippen LogP contribution in [-0.2, 0) is 4.74 Å². The van der Waals surface area contributed by atoms with Gasteiger partial charge in [0.25, 0.3) is 0 Å². The number of esters is 1. The number of rotatable bonds is 3. The van der Waals surface area contributed by atoms with Gasteiger partial charge in [-0.15, -0.1) is 0 Å². The predicted molar refractivity (Wildman–Crippen MR) is 62.9 cm³/mol. The Morgan fingerprint density at radius 3 is 2.58 bits per heavy atom. The molecule has 1 saturated carbocycles. The number of halogens is 2. The molecule has 0 heterocycles. The van der Waals surface area contributed by atoms with Crippen molar-refractivity contribution in [3.8, 4) is 0 Å². The average Bonchev–Trinajstić information content (AvgIpc) is 3.16. The molecule has 2 N–H and O–H groups in total. The Kier molecular flexibility index (Phi) is 3.64. The third-order valence-corrected chi connectivity index (χ3v) is 2.64. The Labute approximate surface area is 107 Å². The molecule has 2 amide bonds. The van der Waals surface area contributed by atoms with Crippen molar-refractivity contribution in [3.63, 3.8) is 0 Å². The van der Waals surface area contributed by atoms with Gasteiger partial charge in [-0.3, -0.25) is 0 Å². The lowest BCUT2D eigenvalue weighted by Crippen LogP contribution is -2.31. The zero-order valence-electron chi connectivity index (χ0n) is 10.1. The van der Waals surface area contributed by atoms with Gasteiger partial charge in [-0.2, -0.15) is 0 Å². The molecule has 0 spiro atoms. The summed E-state index contributed by atoms with van der Waals surface area (Å²) in [5.41, 5.74) is -1.10. The molecule has 0 atom stereocenters. The monoisotopic (exact) mass is 270 g/mol. The van der Waals surface area contributed by atoms with E-state index in [9.17, 15) is 18.4 Å². The normalized spacial score (nSPS) is 13.8. The minimum Gasteiger partial charge on any atom is -0.465 e. The third-order valence-electron chi connectivity index (χ3n) is 2.64. The van der Waals surface area contributed by atoms with Crippen molar-refractivity contribution < 1.29 is 23.1 Å². The molecule has 1 fully saturated rings. The zero-order valence-corrected chi connectivity index (χ0v) is 10.1. The summed E-state index contributed by atoms with van der Waals surface area (Å²) in [6, 6.07) is 1.44. The zero-order chi connectivity index (χ0) is 14.0. The van der Waals surface area contributed by atoms with Crippen molar-refractivity contribution in [2.45, 2.75) is 18.9 Å². The maximum absolute atomic E-state index is 13.9. The Balaban J connectivity index is 2.20. The summed E-state index contributed by atoms with van der Waals surface area (Å²) < 4.78 is 31.5. The van der Waals surface area contributed by atoms with E-state index in [2.05, 4.69) is 15.4 Å². The molecule has 5 nitrogen and oxygen atoms in total. The van der Waals surface area contributed by atoms with Crippen LogP contribution in [0.4, 0.5) is 19.3 Å².